The van der Waals surface area contributed by atoms with Crippen LogP contribution in [0.1, 0.15) is 0 Å². The highest BCUT2D eigenvalue weighted by atomic mass is 79.9. The van der Waals surface area contributed by atoms with Gasteiger partial charge in [-0.25, -0.2) is 4.98 Å². The Labute approximate surface area is 189 Å². The minimum Gasteiger partial charge on any atom is -0.484 e. The van der Waals surface area contributed by atoms with Gasteiger partial charge in [-0.1, -0.05) is 27.5 Å². The summed E-state index contributed by atoms with van der Waals surface area (Å²) in [5.74, 6) is 0.325. The Kier molecular flexibility index (Phi) is 5.88. The van der Waals surface area contributed by atoms with Crippen LogP contribution in [0.2, 0.25) is 5.02 Å². The summed E-state index contributed by atoms with van der Waals surface area (Å²) in [5, 5.41) is 13.9. The van der Waals surface area contributed by atoms with Gasteiger partial charge in [0.25, 0.3) is 11.6 Å². The lowest BCUT2D eigenvalue weighted by Gasteiger charge is -2.07. The lowest BCUT2D eigenvalue weighted by molar-refractivity contribution is -0.384. The number of nitrogens with zero attached hydrogens (tertiary/aromatic N) is 2. The molecule has 3 aromatic carbocycles. The molecule has 8 nitrogen and oxygen atoms in total. The first-order chi connectivity index (χ1) is 14.9. The van der Waals surface area contributed by atoms with Gasteiger partial charge in [0.15, 0.2) is 12.2 Å². The van der Waals surface area contributed by atoms with Gasteiger partial charge in [-0.05, 0) is 48.5 Å². The highest BCUT2D eigenvalue weighted by Gasteiger charge is 2.13. The van der Waals surface area contributed by atoms with Crippen LogP contribution >= 0.6 is 27.5 Å². The van der Waals surface area contributed by atoms with Crippen molar-refractivity contribution in [3.63, 3.8) is 0 Å². The van der Waals surface area contributed by atoms with Crippen molar-refractivity contribution < 1.29 is 18.9 Å². The van der Waals surface area contributed by atoms with Crippen molar-refractivity contribution in [2.75, 3.05) is 11.9 Å². The summed E-state index contributed by atoms with van der Waals surface area (Å²) in [5.41, 5.74) is 2.21. The van der Waals surface area contributed by atoms with Gasteiger partial charge < -0.3 is 14.5 Å². The Morgan fingerprint density at radius 3 is 2.68 bits per heavy atom. The number of carbonyl (C=O) groups is 1. The fraction of sp³-hybridized carbons (Fsp3) is 0.0476. The van der Waals surface area contributed by atoms with Crippen molar-refractivity contribution in [3.8, 4) is 17.2 Å². The van der Waals surface area contributed by atoms with E-state index in [4.69, 9.17) is 20.8 Å². The zero-order valence-corrected chi connectivity index (χ0v) is 18.0. The predicted octanol–water partition coefficient (Wildman–Crippen LogP) is 5.84. The topological polar surface area (TPSA) is 108 Å². The zero-order valence-electron chi connectivity index (χ0n) is 15.7. The van der Waals surface area contributed by atoms with Crippen LogP contribution in [0, 0.1) is 10.1 Å². The van der Waals surface area contributed by atoms with Crippen LogP contribution in [0.15, 0.2) is 69.6 Å². The molecule has 0 aliphatic carbocycles. The Hall–Kier alpha value is -3.43. The van der Waals surface area contributed by atoms with Gasteiger partial charge in [-0.3, -0.25) is 14.9 Å². The molecule has 0 bridgehead atoms. The molecule has 4 rings (SSSR count). The van der Waals surface area contributed by atoms with E-state index in [1.165, 1.54) is 24.3 Å². The molecule has 0 aliphatic heterocycles. The number of oxazole rings is 1. The lowest BCUT2D eigenvalue weighted by atomic mass is 10.2. The van der Waals surface area contributed by atoms with Gasteiger partial charge in [-0.2, -0.15) is 0 Å². The highest BCUT2D eigenvalue weighted by Crippen LogP contribution is 2.33. The molecular formula is C21H13BrClN3O5. The number of halogens is 2. The fourth-order valence-electron chi connectivity index (χ4n) is 2.79. The number of ether oxygens (including phenoxy) is 1. The Bertz CT molecular complexity index is 1290. The number of fused-ring (bicyclic) bond motifs is 1. The number of hydrogen-bond acceptors (Lipinski definition) is 6. The molecule has 1 N–H and O–H groups in total. The molecule has 0 atom stereocenters. The second kappa shape index (κ2) is 8.75. The third kappa shape index (κ3) is 4.84. The first-order valence-corrected chi connectivity index (χ1v) is 10.1. The Morgan fingerprint density at radius 1 is 1.16 bits per heavy atom. The van der Waals surface area contributed by atoms with E-state index in [1.54, 1.807) is 24.3 Å². The molecule has 0 spiro atoms. The molecule has 0 aliphatic rings. The molecule has 10 heteroatoms. The minimum absolute atomic E-state index is 0.0544. The molecule has 1 heterocycles. The number of aromatic nitrogens is 1. The van der Waals surface area contributed by atoms with Crippen molar-refractivity contribution >= 4 is 55.9 Å². The van der Waals surface area contributed by atoms with E-state index in [0.717, 1.165) is 4.47 Å². The first kappa shape index (κ1) is 20.8. The second-order valence-corrected chi connectivity index (χ2v) is 7.74. The largest absolute Gasteiger partial charge is 0.484 e. The number of nitro benzene ring substituents is 1. The monoisotopic (exact) mass is 501 g/mol. The molecule has 0 saturated carbocycles. The van der Waals surface area contributed by atoms with Crippen molar-refractivity contribution in [3.05, 3.63) is 80.3 Å². The van der Waals surface area contributed by atoms with E-state index in [2.05, 4.69) is 26.2 Å². The number of anilines is 1. The molecule has 156 valence electrons. The molecule has 0 saturated heterocycles. The minimum atomic E-state index is -0.507. The van der Waals surface area contributed by atoms with Gasteiger partial charge in [0.2, 0.25) is 5.89 Å². The number of nitrogens with one attached hydrogen (secondary N) is 1. The second-order valence-electron chi connectivity index (χ2n) is 6.41. The van der Waals surface area contributed by atoms with Crippen LogP contribution in [0.3, 0.4) is 0 Å². The number of rotatable bonds is 6. The molecule has 0 unspecified atom stereocenters. The van der Waals surface area contributed by atoms with Crippen molar-refractivity contribution in [2.45, 2.75) is 0 Å². The van der Waals surface area contributed by atoms with E-state index >= 15 is 0 Å². The van der Waals surface area contributed by atoms with Crippen molar-refractivity contribution in [1.29, 1.82) is 0 Å². The number of hydrogen-bond donors (Lipinski definition) is 1. The zero-order chi connectivity index (χ0) is 22.0. The van der Waals surface area contributed by atoms with Crippen LogP contribution in [0.5, 0.6) is 5.75 Å². The maximum atomic E-state index is 12.2. The highest BCUT2D eigenvalue weighted by molar-refractivity contribution is 9.10. The average Bonchev–Trinajstić information content (AvgIpc) is 3.17. The Morgan fingerprint density at radius 2 is 1.94 bits per heavy atom. The van der Waals surface area contributed by atoms with Gasteiger partial charge in [-0.15, -0.1) is 0 Å². The van der Waals surface area contributed by atoms with Crippen LogP contribution in [-0.2, 0) is 4.79 Å². The normalized spacial score (nSPS) is 10.8. The van der Waals surface area contributed by atoms with Gasteiger partial charge in [0.05, 0.1) is 15.5 Å². The molecule has 4 aromatic rings. The summed E-state index contributed by atoms with van der Waals surface area (Å²) in [4.78, 5) is 26.8. The summed E-state index contributed by atoms with van der Waals surface area (Å²) >= 11 is 9.64. The van der Waals surface area contributed by atoms with Gasteiger partial charge in [0, 0.05) is 22.3 Å². The van der Waals surface area contributed by atoms with Gasteiger partial charge >= 0.3 is 0 Å². The average molecular weight is 503 g/mol. The molecule has 1 aromatic heterocycles. The number of benzene rings is 3. The molecule has 0 radical (unpaired) electrons. The number of amides is 1. The Balaban J connectivity index is 1.44. The predicted molar refractivity (Wildman–Crippen MR) is 119 cm³/mol. The fourth-order valence-corrected chi connectivity index (χ4v) is 3.35. The summed E-state index contributed by atoms with van der Waals surface area (Å²) in [6, 6.07) is 15.9. The van der Waals surface area contributed by atoms with Crippen LogP contribution < -0.4 is 10.1 Å². The molecule has 0 fully saturated rings. The lowest BCUT2D eigenvalue weighted by Crippen LogP contribution is -2.20. The number of carbonyl (C=O) groups excluding carboxylic acids is 1. The number of non-ortho nitro benzene ring substituents is 1. The summed E-state index contributed by atoms with van der Waals surface area (Å²) in [7, 11) is 0. The third-order valence-electron chi connectivity index (χ3n) is 4.25. The van der Waals surface area contributed by atoms with Crippen LogP contribution in [0.4, 0.5) is 11.4 Å². The first-order valence-electron chi connectivity index (χ1n) is 8.92. The smallest absolute Gasteiger partial charge is 0.269 e. The standard InChI is InChI=1S/C21H13BrClN3O5/c22-12-1-7-17(23)16(9-12)21-25-18-10-13(2-8-19(18)31-21)24-20(27)11-30-15-5-3-14(4-6-15)26(28)29/h1-10H,11H2,(H,24,27). The SMILES string of the molecule is O=C(COc1ccc([N+](=O)[O-])cc1)Nc1ccc2oc(-c3cc(Br)ccc3Cl)nc2c1. The molecular weight excluding hydrogens is 490 g/mol. The number of nitro groups is 1. The van der Waals surface area contributed by atoms with E-state index in [-0.39, 0.29) is 12.3 Å². The summed E-state index contributed by atoms with van der Waals surface area (Å²) in [6.07, 6.45) is 0. The van der Waals surface area contributed by atoms with Crippen LogP contribution in [-0.4, -0.2) is 22.4 Å². The van der Waals surface area contributed by atoms with E-state index in [0.29, 0.717) is 39.0 Å². The molecule has 1 amide bonds. The van der Waals surface area contributed by atoms with E-state index in [9.17, 15) is 14.9 Å². The van der Waals surface area contributed by atoms with E-state index < -0.39 is 10.8 Å². The van der Waals surface area contributed by atoms with Gasteiger partial charge in [0.1, 0.15) is 11.3 Å². The maximum absolute atomic E-state index is 12.2. The van der Waals surface area contributed by atoms with Crippen LogP contribution in [0.25, 0.3) is 22.6 Å². The summed E-state index contributed by atoms with van der Waals surface area (Å²) < 4.78 is 12.0. The summed E-state index contributed by atoms with van der Waals surface area (Å²) in [6.45, 7) is -0.256. The van der Waals surface area contributed by atoms with Crippen molar-refractivity contribution in [2.24, 2.45) is 0 Å². The van der Waals surface area contributed by atoms with E-state index in [1.807, 2.05) is 12.1 Å². The molecule has 31 heavy (non-hydrogen) atoms. The van der Waals surface area contributed by atoms with Crippen molar-refractivity contribution in [1.82, 2.24) is 4.98 Å². The quantitative estimate of drug-likeness (QED) is 0.262. The third-order valence-corrected chi connectivity index (χ3v) is 5.07. The maximum Gasteiger partial charge on any atom is 0.269 e.